The van der Waals surface area contributed by atoms with Crippen LogP contribution >= 0.6 is 11.6 Å². The van der Waals surface area contributed by atoms with Crippen LogP contribution in [0.4, 0.5) is 5.69 Å². The largest absolute Gasteiger partial charge is 0.481 e. The zero-order chi connectivity index (χ0) is 34.4. The predicted octanol–water partition coefficient (Wildman–Crippen LogP) is 6.27. The number of imidazole rings is 1. The van der Waals surface area contributed by atoms with Gasteiger partial charge in [-0.3, -0.25) is 19.4 Å². The second kappa shape index (κ2) is 13.1. The molecule has 4 heterocycles. The number of likely N-dealkylation sites (N-methyl/N-ethyl adjacent to an activating group) is 1. The number of carboxylic acids is 1. The molecule has 49 heavy (non-hydrogen) atoms. The van der Waals surface area contributed by atoms with E-state index in [4.69, 9.17) is 21.0 Å². The van der Waals surface area contributed by atoms with Crippen molar-refractivity contribution in [3.05, 3.63) is 87.5 Å². The smallest absolute Gasteiger partial charge is 0.307 e. The van der Waals surface area contributed by atoms with Crippen LogP contribution in [0.2, 0.25) is 5.02 Å². The van der Waals surface area contributed by atoms with E-state index in [1.165, 1.54) is 0 Å². The van der Waals surface area contributed by atoms with Crippen molar-refractivity contribution in [3.8, 4) is 28.7 Å². The Morgan fingerprint density at radius 3 is 2.63 bits per heavy atom. The van der Waals surface area contributed by atoms with Gasteiger partial charge >= 0.3 is 5.97 Å². The topological polar surface area (TPSA) is 141 Å². The summed E-state index contributed by atoms with van der Waals surface area (Å²) in [5, 5.41) is 22.7. The van der Waals surface area contributed by atoms with Crippen molar-refractivity contribution in [1.82, 2.24) is 24.3 Å². The van der Waals surface area contributed by atoms with Crippen molar-refractivity contribution in [2.45, 2.75) is 39.8 Å². The number of amides is 1. The van der Waals surface area contributed by atoms with Gasteiger partial charge in [0, 0.05) is 56.5 Å². The van der Waals surface area contributed by atoms with Crippen molar-refractivity contribution >= 4 is 40.3 Å². The van der Waals surface area contributed by atoms with Crippen LogP contribution in [-0.4, -0.2) is 67.5 Å². The summed E-state index contributed by atoms with van der Waals surface area (Å²) in [7, 11) is 1.88. The molecule has 2 aromatic heterocycles. The molecule has 1 saturated heterocycles. The quantitative estimate of drug-likeness (QED) is 0.195. The summed E-state index contributed by atoms with van der Waals surface area (Å²) in [6.07, 6.45) is 1.45. The Morgan fingerprint density at radius 1 is 1.10 bits per heavy atom. The minimum absolute atomic E-state index is 0.324. The number of aliphatic carboxylic acids is 1. The first kappa shape index (κ1) is 32.5. The van der Waals surface area contributed by atoms with Gasteiger partial charge in [-0.25, -0.2) is 9.97 Å². The molecule has 5 aromatic rings. The van der Waals surface area contributed by atoms with E-state index in [0.717, 1.165) is 65.3 Å². The van der Waals surface area contributed by atoms with Crippen LogP contribution in [0.15, 0.2) is 52.9 Å². The highest BCUT2D eigenvalue weighted by Gasteiger charge is 2.29. The molecule has 0 bridgehead atoms. The molecule has 1 unspecified atom stereocenters. The Morgan fingerprint density at radius 2 is 1.88 bits per heavy atom. The van der Waals surface area contributed by atoms with Gasteiger partial charge in [0.05, 0.1) is 27.9 Å². The van der Waals surface area contributed by atoms with Gasteiger partial charge in [0.15, 0.2) is 11.4 Å². The Hall–Kier alpha value is -5.02. The van der Waals surface area contributed by atoms with Crippen LogP contribution in [0, 0.1) is 24.2 Å². The number of oxazole rings is 1. The van der Waals surface area contributed by atoms with E-state index in [-0.39, 0.29) is 11.8 Å². The average molecular weight is 678 g/mol. The van der Waals surface area contributed by atoms with Crippen molar-refractivity contribution in [2.24, 2.45) is 13.0 Å². The highest BCUT2D eigenvalue weighted by molar-refractivity contribution is 6.36. The van der Waals surface area contributed by atoms with Gasteiger partial charge in [-0.05, 0) is 67.4 Å². The molecule has 0 spiro atoms. The highest BCUT2D eigenvalue weighted by Crippen LogP contribution is 2.39. The molecule has 250 valence electrons. The van der Waals surface area contributed by atoms with Crippen LogP contribution in [0.1, 0.15) is 52.0 Å². The minimum Gasteiger partial charge on any atom is -0.481 e. The third-order valence-corrected chi connectivity index (χ3v) is 10.2. The predicted molar refractivity (Wildman–Crippen MR) is 186 cm³/mol. The lowest BCUT2D eigenvalue weighted by Gasteiger charge is -2.24. The molecule has 2 N–H and O–H groups in total. The number of likely N-dealkylation sites (tertiary alicyclic amines) is 1. The lowest BCUT2D eigenvalue weighted by atomic mass is 9.96. The van der Waals surface area contributed by atoms with E-state index in [1.807, 2.05) is 54.9 Å². The monoisotopic (exact) mass is 677 g/mol. The number of nitriles is 1. The van der Waals surface area contributed by atoms with Gasteiger partial charge in [-0.15, -0.1) is 0 Å². The molecule has 12 heteroatoms. The summed E-state index contributed by atoms with van der Waals surface area (Å²) in [5.41, 5.74) is 7.89. The number of carbonyl (C=O) groups excluding carboxylic acids is 1. The number of fused-ring (bicyclic) bond motifs is 2. The number of halogens is 1. The van der Waals surface area contributed by atoms with Crippen molar-refractivity contribution in [2.75, 3.05) is 31.5 Å². The van der Waals surface area contributed by atoms with E-state index in [1.54, 1.807) is 12.1 Å². The van der Waals surface area contributed by atoms with Crippen LogP contribution in [0.5, 0.6) is 0 Å². The standard InChI is InChI=1S/C37H36ClN7O4/c1-4-44-14-12-31-30(20-44)40-34(43(31)3)35(46)41-28-10-6-9-27(32(28)38)25-7-5-8-26(21(25)2)36-42-29-16-22(15-24(17-39)33(29)49-36)18-45-13-11-23(19-45)37(47)48/h5-10,15-16,23H,4,11-14,18-20H2,1-3H3,(H,41,46)(H,47,48). The fraction of sp³-hybridized carbons (Fsp3) is 0.324. The number of carboxylic acid groups (broad SMARTS) is 1. The Balaban J connectivity index is 1.16. The third kappa shape index (κ3) is 6.08. The normalized spacial score (nSPS) is 16.5. The molecule has 0 aliphatic carbocycles. The zero-order valence-electron chi connectivity index (χ0n) is 27.6. The molecule has 0 radical (unpaired) electrons. The van der Waals surface area contributed by atoms with Crippen LogP contribution in [-0.2, 0) is 31.4 Å². The fourth-order valence-electron chi connectivity index (χ4n) is 7.05. The second-order valence-corrected chi connectivity index (χ2v) is 13.2. The van der Waals surface area contributed by atoms with Gasteiger partial charge < -0.3 is 19.4 Å². The number of hydrogen-bond acceptors (Lipinski definition) is 8. The molecule has 3 aromatic carbocycles. The lowest BCUT2D eigenvalue weighted by Crippen LogP contribution is -2.30. The first-order chi connectivity index (χ1) is 23.6. The number of nitrogens with one attached hydrogen (secondary N) is 1. The van der Waals surface area contributed by atoms with Crippen molar-refractivity contribution < 1.29 is 19.1 Å². The Bertz CT molecular complexity index is 2160. The molecule has 1 fully saturated rings. The van der Waals surface area contributed by atoms with Gasteiger partial charge in [-0.2, -0.15) is 5.26 Å². The molecule has 0 saturated carbocycles. The maximum Gasteiger partial charge on any atom is 0.307 e. The van der Waals surface area contributed by atoms with Crippen LogP contribution < -0.4 is 5.32 Å². The summed E-state index contributed by atoms with van der Waals surface area (Å²) in [4.78, 5) is 38.8. The first-order valence-electron chi connectivity index (χ1n) is 16.4. The fourth-order valence-corrected chi connectivity index (χ4v) is 7.32. The average Bonchev–Trinajstić information content (AvgIpc) is 3.83. The van der Waals surface area contributed by atoms with Gasteiger partial charge in [0.25, 0.3) is 5.91 Å². The van der Waals surface area contributed by atoms with E-state index >= 15 is 0 Å². The molecule has 1 amide bonds. The highest BCUT2D eigenvalue weighted by atomic mass is 35.5. The lowest BCUT2D eigenvalue weighted by molar-refractivity contribution is -0.141. The van der Waals surface area contributed by atoms with E-state index in [2.05, 4.69) is 33.1 Å². The summed E-state index contributed by atoms with van der Waals surface area (Å²) in [5.74, 6) is -0.760. The minimum atomic E-state index is -0.779. The third-order valence-electron chi connectivity index (χ3n) is 9.78. The summed E-state index contributed by atoms with van der Waals surface area (Å²) >= 11 is 6.98. The summed E-state index contributed by atoms with van der Waals surface area (Å²) < 4.78 is 8.09. The van der Waals surface area contributed by atoms with Gasteiger partial charge in [0.2, 0.25) is 5.89 Å². The molecule has 7 rings (SSSR count). The SMILES string of the molecule is CCN1CCc2c(nc(C(=O)Nc3cccc(-c4cccc(-c5nc6cc(CN7CCC(C(=O)O)C7)cc(C#N)c6o5)c4C)c3Cl)n2C)C1. The van der Waals surface area contributed by atoms with Crippen LogP contribution in [0.25, 0.3) is 33.7 Å². The Kier molecular flexibility index (Phi) is 8.71. The molecular weight excluding hydrogens is 642 g/mol. The Labute approximate surface area is 288 Å². The molecular formula is C37H36ClN7O4. The zero-order valence-corrected chi connectivity index (χ0v) is 28.3. The maximum atomic E-state index is 13.5. The number of benzene rings is 3. The van der Waals surface area contributed by atoms with Gasteiger partial charge in [-0.1, -0.05) is 42.8 Å². The number of carbonyl (C=O) groups is 2. The van der Waals surface area contributed by atoms with E-state index in [9.17, 15) is 20.0 Å². The van der Waals surface area contributed by atoms with Crippen LogP contribution in [0.3, 0.4) is 0 Å². The number of anilines is 1. The number of nitrogens with zero attached hydrogens (tertiary/aromatic N) is 6. The summed E-state index contributed by atoms with van der Waals surface area (Å²) in [6, 6.07) is 17.2. The molecule has 2 aliphatic heterocycles. The maximum absolute atomic E-state index is 13.5. The van der Waals surface area contributed by atoms with Gasteiger partial charge in [0.1, 0.15) is 11.6 Å². The number of rotatable bonds is 8. The number of hydrogen-bond donors (Lipinski definition) is 2. The molecule has 2 aliphatic rings. The molecule has 1 atom stereocenters. The van der Waals surface area contributed by atoms with E-state index in [0.29, 0.717) is 65.1 Å². The van der Waals surface area contributed by atoms with E-state index < -0.39 is 5.97 Å². The number of aromatic nitrogens is 3. The summed E-state index contributed by atoms with van der Waals surface area (Å²) in [6.45, 7) is 8.37. The van der Waals surface area contributed by atoms with Crippen molar-refractivity contribution in [3.63, 3.8) is 0 Å². The first-order valence-corrected chi connectivity index (χ1v) is 16.8. The van der Waals surface area contributed by atoms with Crippen molar-refractivity contribution in [1.29, 1.82) is 5.26 Å². The second-order valence-electron chi connectivity index (χ2n) is 12.8. The molecule has 11 nitrogen and oxygen atoms in total.